The third-order valence-electron chi connectivity index (χ3n) is 15.3. The molecule has 7 unspecified atom stereocenters. The average Bonchev–Trinajstić information content (AvgIpc) is 3.56. The van der Waals surface area contributed by atoms with Crippen LogP contribution >= 0.6 is 0 Å². The Hall–Kier alpha value is -3.34. The molecule has 2 aromatic rings. The van der Waals surface area contributed by atoms with Gasteiger partial charge < -0.3 is 24.9 Å². The van der Waals surface area contributed by atoms with E-state index in [1.54, 1.807) is 18.2 Å². The van der Waals surface area contributed by atoms with Gasteiger partial charge in [-0.05, 0) is 159 Å². The van der Waals surface area contributed by atoms with Crippen molar-refractivity contribution in [2.45, 2.75) is 120 Å². The molecule has 0 saturated heterocycles. The number of hydrogen-bond donors (Lipinski definition) is 3. The second-order valence-electron chi connectivity index (χ2n) is 17.4. The lowest BCUT2D eigenvalue weighted by Crippen LogP contribution is -2.50. The van der Waals surface area contributed by atoms with Crippen molar-refractivity contribution < 1.29 is 32.3 Å². The lowest BCUT2D eigenvalue weighted by Gasteiger charge is -2.52. The lowest BCUT2D eigenvalue weighted by atomic mass is 9.53. The molecule has 52 heavy (non-hydrogen) atoms. The molecule has 8 nitrogen and oxygen atoms in total. The van der Waals surface area contributed by atoms with E-state index in [0.717, 1.165) is 75.3 Å². The third kappa shape index (κ3) is 5.36. The smallest absolute Gasteiger partial charge is 0.329 e. The molecule has 0 aliphatic heterocycles. The fraction of sp³-hybridized carbons (Fsp3) is 0.605. The molecule has 0 radical (unpaired) electrons. The summed E-state index contributed by atoms with van der Waals surface area (Å²) in [6.45, 7) is 4.32. The van der Waals surface area contributed by atoms with Gasteiger partial charge in [0, 0.05) is 10.8 Å². The zero-order valence-corrected chi connectivity index (χ0v) is 31.1. The SMILES string of the molecule is C#C[C@]1(O)CCC2C3CCc4cc(OC(=O)C(N)CS(=O)(=O)Oc5ccc6c(c5)CCC5C6CC[C@@]6(C)C5CC[C@@]6(O)C#C)ccc4C3CC[C@@]21C. The lowest BCUT2D eigenvalue weighted by molar-refractivity contribution is -0.135. The topological polar surface area (TPSA) is 136 Å². The van der Waals surface area contributed by atoms with E-state index in [0.29, 0.717) is 54.1 Å². The van der Waals surface area contributed by atoms with Crippen molar-refractivity contribution in [3.63, 3.8) is 0 Å². The number of rotatable bonds is 6. The van der Waals surface area contributed by atoms with Crippen LogP contribution in [0.5, 0.6) is 11.5 Å². The molecule has 0 bridgehead atoms. The van der Waals surface area contributed by atoms with Crippen LogP contribution in [-0.2, 0) is 27.8 Å². The van der Waals surface area contributed by atoms with E-state index in [2.05, 4.69) is 25.7 Å². The first kappa shape index (κ1) is 35.7. The van der Waals surface area contributed by atoms with Crippen LogP contribution in [-0.4, -0.2) is 47.6 Å². The second-order valence-corrected chi connectivity index (χ2v) is 19.0. The number of nitrogens with two attached hydrogens (primary N) is 1. The molecule has 4 saturated carbocycles. The summed E-state index contributed by atoms with van der Waals surface area (Å²) in [6.07, 6.45) is 21.9. The highest BCUT2D eigenvalue weighted by molar-refractivity contribution is 7.87. The van der Waals surface area contributed by atoms with Crippen molar-refractivity contribution in [3.8, 4) is 36.2 Å². The van der Waals surface area contributed by atoms with E-state index >= 15 is 0 Å². The van der Waals surface area contributed by atoms with Gasteiger partial charge in [-0.2, -0.15) is 8.42 Å². The summed E-state index contributed by atoms with van der Waals surface area (Å²) in [6, 6.07) is 9.72. The van der Waals surface area contributed by atoms with Crippen LogP contribution in [0.25, 0.3) is 0 Å². The molecular formula is C43H51NO7S. The predicted molar refractivity (Wildman–Crippen MR) is 198 cm³/mol. The highest BCUT2D eigenvalue weighted by atomic mass is 32.2. The first-order valence-electron chi connectivity index (χ1n) is 19.2. The van der Waals surface area contributed by atoms with Crippen LogP contribution in [0.4, 0.5) is 0 Å². The summed E-state index contributed by atoms with van der Waals surface area (Å²) in [5.41, 5.74) is 8.11. The minimum Gasteiger partial charge on any atom is -0.425 e. The Labute approximate surface area is 308 Å². The van der Waals surface area contributed by atoms with Crippen molar-refractivity contribution in [1.82, 2.24) is 0 Å². The van der Waals surface area contributed by atoms with Gasteiger partial charge in [0.25, 0.3) is 0 Å². The molecule has 8 rings (SSSR count). The number of hydrogen-bond acceptors (Lipinski definition) is 8. The number of ether oxygens (including phenoxy) is 1. The van der Waals surface area contributed by atoms with Crippen LogP contribution in [0.2, 0.25) is 0 Å². The van der Waals surface area contributed by atoms with Crippen LogP contribution in [0.3, 0.4) is 0 Å². The van der Waals surface area contributed by atoms with Gasteiger partial charge in [-0.25, -0.2) is 4.79 Å². The minimum atomic E-state index is -4.21. The summed E-state index contributed by atoms with van der Waals surface area (Å²) in [5, 5.41) is 22.4. The maximum Gasteiger partial charge on any atom is 0.329 e. The number of carbonyl (C=O) groups is 1. The van der Waals surface area contributed by atoms with Crippen LogP contribution in [0.1, 0.15) is 112 Å². The van der Waals surface area contributed by atoms with E-state index in [9.17, 15) is 23.4 Å². The second kappa shape index (κ2) is 12.4. The average molecular weight is 726 g/mol. The number of carbonyl (C=O) groups excluding carboxylic acids is 1. The number of terminal acetylenes is 2. The monoisotopic (exact) mass is 725 g/mol. The Morgan fingerprint density at radius 3 is 1.79 bits per heavy atom. The van der Waals surface area contributed by atoms with Crippen molar-refractivity contribution in [2.24, 2.45) is 40.2 Å². The molecule has 0 heterocycles. The Balaban J connectivity index is 0.890. The fourth-order valence-electron chi connectivity index (χ4n) is 12.4. The van der Waals surface area contributed by atoms with Crippen LogP contribution in [0, 0.1) is 59.2 Å². The van der Waals surface area contributed by atoms with Crippen molar-refractivity contribution >= 4 is 16.1 Å². The Morgan fingerprint density at radius 1 is 0.808 bits per heavy atom. The summed E-state index contributed by atoms with van der Waals surface area (Å²) in [5.74, 6) is 6.73. The van der Waals surface area contributed by atoms with Crippen molar-refractivity contribution in [3.05, 3.63) is 58.7 Å². The van der Waals surface area contributed by atoms with E-state index in [-0.39, 0.29) is 16.6 Å². The molecule has 4 fully saturated rings. The van der Waals surface area contributed by atoms with Crippen LogP contribution < -0.4 is 14.7 Å². The maximum atomic E-state index is 13.1. The summed E-state index contributed by atoms with van der Waals surface area (Å²) in [4.78, 5) is 13.0. The van der Waals surface area contributed by atoms with Gasteiger partial charge in [0.1, 0.15) is 34.5 Å². The number of fused-ring (bicyclic) bond motifs is 10. The van der Waals surface area contributed by atoms with Crippen LogP contribution in [0.15, 0.2) is 36.4 Å². The van der Waals surface area contributed by atoms with Gasteiger partial charge in [0.15, 0.2) is 0 Å². The zero-order chi connectivity index (χ0) is 36.8. The number of aryl methyl sites for hydroxylation is 2. The predicted octanol–water partition coefficient (Wildman–Crippen LogP) is 5.77. The van der Waals surface area contributed by atoms with E-state index in [1.165, 1.54) is 11.1 Å². The van der Waals surface area contributed by atoms with Gasteiger partial charge in [-0.1, -0.05) is 37.8 Å². The standard InChI is InChI=1S/C43H51NO7S/c1-5-42(46)21-17-36-34-11-7-26-23-28(9-13-30(26)32(34)15-19-40(36,42)3)50-39(45)38(44)25-52(48,49)51-29-10-14-31-27(24-29)8-12-35-33(31)16-20-41(4)37(35)18-22-43(41,47)6-2/h1-2,9-10,13-14,23-24,32-38,46-47H,7-8,11-12,15-22,25,44H2,3-4H3/t32?,33?,34?,35?,36?,37?,38?,40-,41-,42-,43-/m0/s1. The minimum absolute atomic E-state index is 0.207. The molecule has 6 aliphatic carbocycles. The van der Waals surface area contributed by atoms with E-state index in [1.807, 2.05) is 18.2 Å². The molecule has 0 amide bonds. The first-order chi connectivity index (χ1) is 24.6. The fourth-order valence-corrected chi connectivity index (χ4v) is 13.4. The summed E-state index contributed by atoms with van der Waals surface area (Å²) in [7, 11) is -4.21. The zero-order valence-electron chi connectivity index (χ0n) is 30.3. The molecule has 276 valence electrons. The Morgan fingerprint density at radius 2 is 1.29 bits per heavy atom. The van der Waals surface area contributed by atoms with Gasteiger partial charge in [0.05, 0.1) is 0 Å². The normalized spacial score (nSPS) is 39.2. The molecule has 4 N–H and O–H groups in total. The molecule has 0 spiro atoms. The largest absolute Gasteiger partial charge is 0.425 e. The van der Waals surface area contributed by atoms with Gasteiger partial charge in [-0.15, -0.1) is 12.8 Å². The van der Waals surface area contributed by atoms with Crippen molar-refractivity contribution in [2.75, 3.05) is 5.75 Å². The number of esters is 1. The molecule has 11 atom stereocenters. The van der Waals surface area contributed by atoms with E-state index in [4.69, 9.17) is 27.5 Å². The quantitative estimate of drug-likeness (QED) is 0.148. The molecule has 9 heteroatoms. The van der Waals surface area contributed by atoms with Gasteiger partial charge in [-0.3, -0.25) is 0 Å². The van der Waals surface area contributed by atoms with Gasteiger partial charge in [0.2, 0.25) is 0 Å². The van der Waals surface area contributed by atoms with Gasteiger partial charge >= 0.3 is 16.1 Å². The summed E-state index contributed by atoms with van der Waals surface area (Å²) < 4.78 is 37.4. The highest BCUT2D eigenvalue weighted by Crippen LogP contribution is 2.65. The van der Waals surface area contributed by atoms with E-state index < -0.39 is 39.1 Å². The van der Waals surface area contributed by atoms with Crippen molar-refractivity contribution in [1.29, 1.82) is 0 Å². The molecule has 0 aromatic heterocycles. The third-order valence-corrected chi connectivity index (χ3v) is 16.5. The molecular weight excluding hydrogens is 675 g/mol. The Kier molecular flexibility index (Phi) is 8.47. The molecule has 6 aliphatic rings. The highest BCUT2D eigenvalue weighted by Gasteiger charge is 2.62. The molecule has 2 aromatic carbocycles. The summed E-state index contributed by atoms with van der Waals surface area (Å²) >= 11 is 0. The maximum absolute atomic E-state index is 13.1. The first-order valence-corrected chi connectivity index (χ1v) is 20.8. The Bertz CT molecular complexity index is 2000. The number of benzene rings is 2. The number of aliphatic hydroxyl groups is 2.